The fraction of sp³-hybridized carbons (Fsp3) is 0.375. The smallest absolute Gasteiger partial charge is 0.145 e. The van der Waals surface area contributed by atoms with Gasteiger partial charge in [0.25, 0.3) is 0 Å². The Hall–Kier alpha value is -2.88. The lowest BCUT2D eigenvalue weighted by Gasteiger charge is -2.46. The van der Waals surface area contributed by atoms with Crippen LogP contribution in [0.25, 0.3) is 17.1 Å². The van der Waals surface area contributed by atoms with Crippen LogP contribution in [0.15, 0.2) is 48.3 Å². The second kappa shape index (κ2) is 7.08. The largest absolute Gasteiger partial charge is 0.387 e. The second-order valence-corrected chi connectivity index (χ2v) is 9.33. The van der Waals surface area contributed by atoms with E-state index in [0.29, 0.717) is 10.6 Å². The molecule has 0 radical (unpaired) electrons. The quantitative estimate of drug-likeness (QED) is 0.656. The van der Waals surface area contributed by atoms with E-state index in [4.69, 9.17) is 16.6 Å². The van der Waals surface area contributed by atoms with Crippen LogP contribution in [0.4, 0.5) is 0 Å². The number of aliphatic hydroxyl groups excluding tert-OH is 1. The van der Waals surface area contributed by atoms with Gasteiger partial charge in [0.2, 0.25) is 0 Å². The van der Waals surface area contributed by atoms with E-state index in [1.165, 1.54) is 0 Å². The zero-order valence-corrected chi connectivity index (χ0v) is 18.5. The van der Waals surface area contributed by atoms with Crippen LogP contribution >= 0.6 is 11.6 Å². The van der Waals surface area contributed by atoms with E-state index in [9.17, 15) is 10.4 Å². The molecule has 5 rings (SSSR count). The summed E-state index contributed by atoms with van der Waals surface area (Å²) in [7, 11) is 1.90. The van der Waals surface area contributed by atoms with Gasteiger partial charge in [-0.15, -0.1) is 0 Å². The van der Waals surface area contributed by atoms with Crippen LogP contribution in [0, 0.1) is 23.2 Å². The van der Waals surface area contributed by atoms with Crippen LogP contribution in [0.1, 0.15) is 31.7 Å². The van der Waals surface area contributed by atoms with Crippen LogP contribution in [-0.2, 0) is 18.9 Å². The normalized spacial score (nSPS) is 27.2. The van der Waals surface area contributed by atoms with Gasteiger partial charge in [-0.2, -0.15) is 10.4 Å². The van der Waals surface area contributed by atoms with Crippen molar-refractivity contribution in [1.82, 2.24) is 19.3 Å². The summed E-state index contributed by atoms with van der Waals surface area (Å²) in [6, 6.07) is 9.93. The Bertz CT molecular complexity index is 1250. The third-order valence-electron chi connectivity index (χ3n) is 7.01. The first-order valence-electron chi connectivity index (χ1n) is 10.5. The SMILES string of the molecule is C[C@H]1C(O)C(C#N)=C[C@@]2(C)c3nc(-c4cccc(Cl)c4)n(-c4cnn(C)c4)c3CC[C@H]12. The Morgan fingerprint density at radius 3 is 2.84 bits per heavy atom. The molecule has 0 saturated carbocycles. The summed E-state index contributed by atoms with van der Waals surface area (Å²) in [5, 5.41) is 25.3. The number of nitrogens with zero attached hydrogens (tertiary/aromatic N) is 5. The van der Waals surface area contributed by atoms with Crippen molar-refractivity contribution in [3.8, 4) is 23.1 Å². The second-order valence-electron chi connectivity index (χ2n) is 8.89. The van der Waals surface area contributed by atoms with Gasteiger partial charge >= 0.3 is 0 Å². The minimum atomic E-state index is -0.725. The van der Waals surface area contributed by atoms with E-state index in [0.717, 1.165) is 41.3 Å². The first-order chi connectivity index (χ1) is 14.8. The summed E-state index contributed by atoms with van der Waals surface area (Å²) in [5.41, 5.74) is 3.96. The predicted octanol–water partition coefficient (Wildman–Crippen LogP) is 4.21. The molecule has 0 fully saturated rings. The van der Waals surface area contributed by atoms with E-state index < -0.39 is 11.5 Å². The number of fused-ring (bicyclic) bond motifs is 3. The third kappa shape index (κ3) is 2.95. The zero-order valence-electron chi connectivity index (χ0n) is 17.7. The number of hydrogen-bond donors (Lipinski definition) is 1. The number of nitriles is 1. The average Bonchev–Trinajstić information content (AvgIpc) is 3.34. The standard InChI is InChI=1S/C24H24ClN5O/c1-14-19-7-8-20-22(24(19,2)10-16(11-26)21(14)31)28-23(15-5-4-6-17(25)9-15)30(20)18-12-27-29(3)13-18/h4-6,9-10,12-14,19,21,31H,7-8H2,1-3H3/t14-,19-,21?,24-/m1/s1. The molecule has 158 valence electrons. The molecule has 0 amide bonds. The van der Waals surface area contributed by atoms with Gasteiger partial charge < -0.3 is 5.11 Å². The highest BCUT2D eigenvalue weighted by molar-refractivity contribution is 6.30. The third-order valence-corrected chi connectivity index (χ3v) is 7.25. The first kappa shape index (κ1) is 20.0. The summed E-state index contributed by atoms with van der Waals surface area (Å²) < 4.78 is 3.95. The number of halogens is 1. The minimum Gasteiger partial charge on any atom is -0.387 e. The lowest BCUT2D eigenvalue weighted by atomic mass is 9.58. The Morgan fingerprint density at radius 1 is 1.35 bits per heavy atom. The van der Waals surface area contributed by atoms with Crippen molar-refractivity contribution in [2.45, 2.75) is 38.2 Å². The van der Waals surface area contributed by atoms with Crippen LogP contribution in [0.3, 0.4) is 0 Å². The molecule has 7 heteroatoms. The number of aliphatic hydroxyl groups is 1. The van der Waals surface area contributed by atoms with E-state index in [2.05, 4.69) is 22.7 Å². The molecule has 0 saturated heterocycles. The molecule has 0 aliphatic heterocycles. The average molecular weight is 434 g/mol. The van der Waals surface area contributed by atoms with Gasteiger partial charge in [-0.1, -0.05) is 43.7 Å². The molecule has 31 heavy (non-hydrogen) atoms. The summed E-state index contributed by atoms with van der Waals surface area (Å²) in [5.74, 6) is 1.00. The van der Waals surface area contributed by atoms with Crippen molar-refractivity contribution >= 4 is 11.6 Å². The molecule has 0 bridgehead atoms. The highest BCUT2D eigenvalue weighted by atomic mass is 35.5. The van der Waals surface area contributed by atoms with Gasteiger partial charge in [-0.3, -0.25) is 9.25 Å². The summed E-state index contributed by atoms with van der Waals surface area (Å²) in [6.45, 7) is 4.19. The fourth-order valence-corrected chi connectivity index (χ4v) is 5.69. The van der Waals surface area contributed by atoms with Crippen LogP contribution in [-0.4, -0.2) is 30.5 Å². The first-order valence-corrected chi connectivity index (χ1v) is 10.9. The van der Waals surface area contributed by atoms with Crippen molar-refractivity contribution in [3.63, 3.8) is 0 Å². The topological polar surface area (TPSA) is 79.7 Å². The van der Waals surface area contributed by atoms with Gasteiger partial charge in [-0.25, -0.2) is 4.98 Å². The Morgan fingerprint density at radius 2 is 2.16 bits per heavy atom. The van der Waals surface area contributed by atoms with Gasteiger partial charge in [0, 0.05) is 34.9 Å². The van der Waals surface area contributed by atoms with Crippen LogP contribution in [0.2, 0.25) is 5.02 Å². The summed E-state index contributed by atoms with van der Waals surface area (Å²) in [4.78, 5) is 5.16. The van der Waals surface area contributed by atoms with Gasteiger partial charge in [0.1, 0.15) is 5.82 Å². The Balaban J connectivity index is 1.79. The molecule has 1 N–H and O–H groups in total. The molecule has 1 aromatic carbocycles. The maximum atomic E-state index is 10.6. The van der Waals surface area contributed by atoms with Gasteiger partial charge in [0.15, 0.2) is 0 Å². The number of imidazole rings is 1. The number of allylic oxidation sites excluding steroid dienone is 1. The molecule has 0 spiro atoms. The summed E-state index contributed by atoms with van der Waals surface area (Å²) >= 11 is 6.31. The monoisotopic (exact) mass is 433 g/mol. The molecule has 4 atom stereocenters. The van der Waals surface area contributed by atoms with Crippen molar-refractivity contribution in [3.05, 3.63) is 64.7 Å². The minimum absolute atomic E-state index is 0.0176. The molecule has 2 heterocycles. The highest BCUT2D eigenvalue weighted by Gasteiger charge is 2.50. The van der Waals surface area contributed by atoms with E-state index in [-0.39, 0.29) is 11.8 Å². The predicted molar refractivity (Wildman–Crippen MR) is 119 cm³/mol. The lowest BCUT2D eigenvalue weighted by molar-refractivity contribution is 0.0668. The van der Waals surface area contributed by atoms with E-state index in [1.807, 2.05) is 56.7 Å². The van der Waals surface area contributed by atoms with E-state index >= 15 is 0 Å². The molecule has 3 aromatic rings. The number of benzene rings is 1. The maximum Gasteiger partial charge on any atom is 0.145 e. The molecular weight excluding hydrogens is 410 g/mol. The van der Waals surface area contributed by atoms with Crippen molar-refractivity contribution in [1.29, 1.82) is 5.26 Å². The molecule has 2 aromatic heterocycles. The Labute approximate surface area is 186 Å². The number of aromatic nitrogens is 4. The van der Waals surface area contributed by atoms with Crippen molar-refractivity contribution in [2.24, 2.45) is 18.9 Å². The number of rotatable bonds is 2. The Kier molecular flexibility index (Phi) is 4.58. The number of hydrogen-bond acceptors (Lipinski definition) is 4. The zero-order chi connectivity index (χ0) is 21.9. The van der Waals surface area contributed by atoms with Crippen molar-refractivity contribution in [2.75, 3.05) is 0 Å². The molecule has 2 aliphatic rings. The van der Waals surface area contributed by atoms with Gasteiger partial charge in [0.05, 0.1) is 35.3 Å². The van der Waals surface area contributed by atoms with E-state index in [1.54, 1.807) is 4.68 Å². The summed E-state index contributed by atoms with van der Waals surface area (Å²) in [6.07, 6.45) is 6.80. The van der Waals surface area contributed by atoms with Gasteiger partial charge in [-0.05, 0) is 36.8 Å². The van der Waals surface area contributed by atoms with Crippen LogP contribution < -0.4 is 0 Å². The maximum absolute atomic E-state index is 10.6. The molecule has 2 aliphatic carbocycles. The van der Waals surface area contributed by atoms with Crippen molar-refractivity contribution < 1.29 is 5.11 Å². The lowest BCUT2D eigenvalue weighted by Crippen LogP contribution is -2.47. The molecular formula is C24H24ClN5O. The fourth-order valence-electron chi connectivity index (χ4n) is 5.50. The number of aryl methyl sites for hydroxylation is 1. The molecule has 1 unspecified atom stereocenters. The van der Waals surface area contributed by atoms with Crippen LogP contribution in [0.5, 0.6) is 0 Å². The molecule has 6 nitrogen and oxygen atoms in total. The highest BCUT2D eigenvalue weighted by Crippen LogP contribution is 2.51.